The van der Waals surface area contributed by atoms with Gasteiger partial charge in [-0.25, -0.2) is 0 Å². The fraction of sp³-hybridized carbons (Fsp3) is 0. The van der Waals surface area contributed by atoms with E-state index in [1.807, 2.05) is 42.5 Å². The van der Waals surface area contributed by atoms with Crippen LogP contribution in [0.3, 0.4) is 0 Å². The summed E-state index contributed by atoms with van der Waals surface area (Å²) in [6.07, 6.45) is 0. The lowest BCUT2D eigenvalue weighted by Gasteiger charge is -2.09. The second-order valence-corrected chi connectivity index (χ2v) is 5.28. The van der Waals surface area contributed by atoms with Crippen molar-refractivity contribution in [1.29, 1.82) is 0 Å². The molecule has 0 bridgehead atoms. The molecule has 0 aromatic heterocycles. The fourth-order valence-electron chi connectivity index (χ4n) is 2.08. The second kappa shape index (κ2) is 6.99. The highest BCUT2D eigenvalue weighted by Gasteiger charge is 2.09. The third-order valence-corrected chi connectivity index (χ3v) is 3.53. The smallest absolute Gasteiger partial charge is 0.255 e. The number of anilines is 1. The van der Waals surface area contributed by atoms with Crippen molar-refractivity contribution in [3.63, 3.8) is 0 Å². The van der Waals surface area contributed by atoms with Crippen molar-refractivity contribution in [3.8, 4) is 11.5 Å². The summed E-state index contributed by atoms with van der Waals surface area (Å²) in [5, 5.41) is 3.29. The first kappa shape index (κ1) is 15.1. The number of carbonyl (C=O) groups excluding carboxylic acids is 1. The Morgan fingerprint density at radius 1 is 0.826 bits per heavy atom. The maximum absolute atomic E-state index is 12.3. The Morgan fingerprint density at radius 3 is 2.30 bits per heavy atom. The molecule has 3 nitrogen and oxygen atoms in total. The van der Waals surface area contributed by atoms with Gasteiger partial charge in [-0.1, -0.05) is 48.0 Å². The van der Waals surface area contributed by atoms with Gasteiger partial charge in [0.2, 0.25) is 0 Å². The molecule has 0 heterocycles. The first-order chi connectivity index (χ1) is 11.2. The Hall–Kier alpha value is -2.78. The van der Waals surface area contributed by atoms with Gasteiger partial charge in [0.25, 0.3) is 5.91 Å². The van der Waals surface area contributed by atoms with Crippen molar-refractivity contribution in [3.05, 3.63) is 89.4 Å². The fourth-order valence-corrected chi connectivity index (χ4v) is 2.27. The number of amides is 1. The number of halogens is 1. The molecule has 0 atom stereocenters. The van der Waals surface area contributed by atoms with Crippen LogP contribution in [0, 0.1) is 0 Å². The highest BCUT2D eigenvalue weighted by Crippen LogP contribution is 2.24. The topological polar surface area (TPSA) is 38.3 Å². The lowest BCUT2D eigenvalue weighted by atomic mass is 10.2. The summed E-state index contributed by atoms with van der Waals surface area (Å²) in [6, 6.07) is 23.5. The van der Waals surface area contributed by atoms with E-state index in [-0.39, 0.29) is 5.91 Å². The van der Waals surface area contributed by atoms with E-state index in [1.54, 1.807) is 36.4 Å². The number of hydrogen-bond acceptors (Lipinski definition) is 2. The summed E-state index contributed by atoms with van der Waals surface area (Å²) in [5.41, 5.74) is 1.08. The van der Waals surface area contributed by atoms with Crippen LogP contribution in [0.1, 0.15) is 10.4 Å². The van der Waals surface area contributed by atoms with Gasteiger partial charge in [-0.05, 0) is 42.5 Å². The third kappa shape index (κ3) is 3.90. The largest absolute Gasteiger partial charge is 0.457 e. The number of para-hydroxylation sites is 2. The maximum atomic E-state index is 12.3. The molecule has 0 aliphatic heterocycles. The van der Waals surface area contributed by atoms with Crippen molar-refractivity contribution in [2.75, 3.05) is 5.32 Å². The van der Waals surface area contributed by atoms with Crippen LogP contribution in [-0.2, 0) is 0 Å². The molecule has 0 unspecified atom stereocenters. The molecule has 3 aromatic rings. The van der Waals surface area contributed by atoms with Gasteiger partial charge < -0.3 is 10.1 Å². The van der Waals surface area contributed by atoms with Gasteiger partial charge in [0.15, 0.2) is 0 Å². The second-order valence-electron chi connectivity index (χ2n) is 4.88. The summed E-state index contributed by atoms with van der Waals surface area (Å²) in [7, 11) is 0. The van der Waals surface area contributed by atoms with E-state index < -0.39 is 0 Å². The van der Waals surface area contributed by atoms with Crippen LogP contribution >= 0.6 is 11.6 Å². The van der Waals surface area contributed by atoms with Crippen LogP contribution < -0.4 is 10.1 Å². The highest BCUT2D eigenvalue weighted by atomic mass is 35.5. The molecule has 0 spiro atoms. The van der Waals surface area contributed by atoms with Crippen molar-refractivity contribution >= 4 is 23.2 Å². The van der Waals surface area contributed by atoms with Crippen molar-refractivity contribution < 1.29 is 9.53 Å². The molecule has 0 radical (unpaired) electrons. The maximum Gasteiger partial charge on any atom is 0.255 e. The van der Waals surface area contributed by atoms with Gasteiger partial charge >= 0.3 is 0 Å². The van der Waals surface area contributed by atoms with Crippen LogP contribution in [-0.4, -0.2) is 5.91 Å². The summed E-state index contributed by atoms with van der Waals surface area (Å²) < 4.78 is 5.74. The number of rotatable bonds is 4. The molecule has 0 saturated carbocycles. The van der Waals surface area contributed by atoms with E-state index >= 15 is 0 Å². The Bertz CT molecular complexity index is 818. The Morgan fingerprint density at radius 2 is 1.52 bits per heavy atom. The Balaban J connectivity index is 1.77. The SMILES string of the molecule is O=C(Nc1ccccc1Cl)c1cccc(Oc2ccccc2)c1. The molecular weight excluding hydrogens is 310 g/mol. The number of nitrogens with one attached hydrogen (secondary N) is 1. The van der Waals surface area contributed by atoms with Gasteiger partial charge in [-0.15, -0.1) is 0 Å². The molecule has 114 valence electrons. The predicted molar refractivity (Wildman–Crippen MR) is 92.4 cm³/mol. The Labute approximate surface area is 139 Å². The zero-order valence-electron chi connectivity index (χ0n) is 12.2. The molecule has 1 amide bonds. The normalized spacial score (nSPS) is 10.1. The lowest BCUT2D eigenvalue weighted by molar-refractivity contribution is 0.102. The standard InChI is InChI=1S/C19H14ClNO2/c20-17-11-4-5-12-18(17)21-19(22)14-7-6-10-16(13-14)23-15-8-2-1-3-9-15/h1-13H,(H,21,22). The number of carbonyl (C=O) groups is 1. The summed E-state index contributed by atoms with van der Waals surface area (Å²) >= 11 is 6.05. The molecule has 3 rings (SSSR count). The molecule has 1 N–H and O–H groups in total. The van der Waals surface area contributed by atoms with Crippen molar-refractivity contribution in [2.24, 2.45) is 0 Å². The van der Waals surface area contributed by atoms with E-state index in [0.717, 1.165) is 5.75 Å². The Kier molecular flexibility index (Phi) is 4.60. The van der Waals surface area contributed by atoms with Gasteiger partial charge in [0.1, 0.15) is 11.5 Å². The van der Waals surface area contributed by atoms with Crippen LogP contribution in [0.4, 0.5) is 5.69 Å². The van der Waals surface area contributed by atoms with Crippen LogP contribution in [0.15, 0.2) is 78.9 Å². The van der Waals surface area contributed by atoms with Gasteiger partial charge in [-0.3, -0.25) is 4.79 Å². The molecule has 0 aliphatic carbocycles. The van der Waals surface area contributed by atoms with E-state index in [0.29, 0.717) is 22.0 Å². The van der Waals surface area contributed by atoms with E-state index in [1.165, 1.54) is 0 Å². The molecule has 4 heteroatoms. The average molecular weight is 324 g/mol. The van der Waals surface area contributed by atoms with E-state index in [4.69, 9.17) is 16.3 Å². The van der Waals surface area contributed by atoms with E-state index in [9.17, 15) is 4.79 Å². The number of ether oxygens (including phenoxy) is 1. The molecule has 0 fully saturated rings. The molecule has 23 heavy (non-hydrogen) atoms. The first-order valence-corrected chi connectivity index (χ1v) is 7.49. The first-order valence-electron chi connectivity index (χ1n) is 7.11. The lowest BCUT2D eigenvalue weighted by Crippen LogP contribution is -2.12. The minimum Gasteiger partial charge on any atom is -0.457 e. The number of hydrogen-bond donors (Lipinski definition) is 1. The van der Waals surface area contributed by atoms with Gasteiger partial charge in [0, 0.05) is 5.56 Å². The predicted octanol–water partition coefficient (Wildman–Crippen LogP) is 5.38. The zero-order valence-corrected chi connectivity index (χ0v) is 13.0. The van der Waals surface area contributed by atoms with Crippen LogP contribution in [0.25, 0.3) is 0 Å². The molecular formula is C19H14ClNO2. The highest BCUT2D eigenvalue weighted by molar-refractivity contribution is 6.33. The molecule has 0 aliphatic rings. The van der Waals surface area contributed by atoms with Crippen LogP contribution in [0.2, 0.25) is 5.02 Å². The van der Waals surface area contributed by atoms with Gasteiger partial charge in [0.05, 0.1) is 10.7 Å². The monoisotopic (exact) mass is 323 g/mol. The molecule has 3 aromatic carbocycles. The minimum atomic E-state index is -0.239. The molecule has 0 saturated heterocycles. The summed E-state index contributed by atoms with van der Waals surface area (Å²) in [5.74, 6) is 1.08. The van der Waals surface area contributed by atoms with Gasteiger partial charge in [-0.2, -0.15) is 0 Å². The van der Waals surface area contributed by atoms with E-state index in [2.05, 4.69) is 5.32 Å². The van der Waals surface area contributed by atoms with Crippen molar-refractivity contribution in [2.45, 2.75) is 0 Å². The zero-order chi connectivity index (χ0) is 16.1. The third-order valence-electron chi connectivity index (χ3n) is 3.20. The quantitative estimate of drug-likeness (QED) is 0.699. The van der Waals surface area contributed by atoms with Crippen LogP contribution in [0.5, 0.6) is 11.5 Å². The summed E-state index contributed by atoms with van der Waals surface area (Å²) in [4.78, 5) is 12.3. The minimum absolute atomic E-state index is 0.239. The number of benzene rings is 3. The summed E-state index contributed by atoms with van der Waals surface area (Å²) in [6.45, 7) is 0. The van der Waals surface area contributed by atoms with Crippen molar-refractivity contribution in [1.82, 2.24) is 0 Å². The average Bonchev–Trinajstić information content (AvgIpc) is 2.58.